The number of hydrogen-bond acceptors (Lipinski definition) is 2. The Kier molecular flexibility index (Phi) is 4.28. The maximum atomic E-state index is 10.7. The molecule has 0 rings (SSSR count). The van der Waals surface area contributed by atoms with Crippen molar-refractivity contribution in [2.75, 3.05) is 13.6 Å². The molecule has 0 heterocycles. The van der Waals surface area contributed by atoms with Gasteiger partial charge in [-0.05, 0) is 6.42 Å². The summed E-state index contributed by atoms with van der Waals surface area (Å²) in [5.74, 6) is 0. The van der Waals surface area contributed by atoms with Gasteiger partial charge in [-0.15, -0.1) is 0 Å². The van der Waals surface area contributed by atoms with Gasteiger partial charge in [-0.1, -0.05) is 6.92 Å². The summed E-state index contributed by atoms with van der Waals surface area (Å²) in [6.45, 7) is 2.55. The highest BCUT2D eigenvalue weighted by atomic mass is 16.2. The Labute approximate surface area is 60.2 Å². The zero-order valence-corrected chi connectivity index (χ0v) is 6.26. The topological polar surface area (TPSA) is 49.4 Å². The minimum atomic E-state index is -0.350. The van der Waals surface area contributed by atoms with E-state index in [2.05, 4.69) is 5.32 Å². The van der Waals surface area contributed by atoms with Crippen molar-refractivity contribution in [2.24, 2.45) is 0 Å². The maximum absolute atomic E-state index is 10.7. The molecule has 0 aromatic heterocycles. The van der Waals surface area contributed by atoms with Crippen molar-refractivity contribution in [3.05, 3.63) is 0 Å². The van der Waals surface area contributed by atoms with E-state index in [4.69, 9.17) is 0 Å². The van der Waals surface area contributed by atoms with Gasteiger partial charge in [0.15, 0.2) is 0 Å². The lowest BCUT2D eigenvalue weighted by atomic mass is 10.5. The second kappa shape index (κ2) is 4.78. The molecule has 0 spiro atoms. The van der Waals surface area contributed by atoms with Crippen LogP contribution in [-0.4, -0.2) is 30.9 Å². The van der Waals surface area contributed by atoms with Crippen LogP contribution in [0.5, 0.6) is 0 Å². The van der Waals surface area contributed by atoms with E-state index in [-0.39, 0.29) is 6.03 Å². The first-order valence-electron chi connectivity index (χ1n) is 3.18. The molecule has 0 radical (unpaired) electrons. The number of urea groups is 1. The van der Waals surface area contributed by atoms with Crippen LogP contribution in [0.4, 0.5) is 4.79 Å². The van der Waals surface area contributed by atoms with Crippen molar-refractivity contribution in [2.45, 2.75) is 13.3 Å². The first kappa shape index (κ1) is 8.94. The molecule has 0 aromatic carbocycles. The van der Waals surface area contributed by atoms with E-state index >= 15 is 0 Å². The van der Waals surface area contributed by atoms with Gasteiger partial charge >= 0.3 is 6.03 Å². The lowest BCUT2D eigenvalue weighted by Gasteiger charge is -2.08. The molecule has 0 aromatic rings. The van der Waals surface area contributed by atoms with E-state index in [1.165, 1.54) is 7.05 Å². The largest absolute Gasteiger partial charge is 0.338 e. The number of hydrogen-bond donors (Lipinski definition) is 1. The summed E-state index contributed by atoms with van der Waals surface area (Å²) in [5, 5.41) is 2.54. The maximum Gasteiger partial charge on any atom is 0.323 e. The second-order valence-electron chi connectivity index (χ2n) is 1.95. The molecule has 0 aliphatic carbocycles. The average molecular weight is 144 g/mol. The fourth-order valence-corrected chi connectivity index (χ4v) is 0.405. The third kappa shape index (κ3) is 3.06. The van der Waals surface area contributed by atoms with Crippen LogP contribution in [-0.2, 0) is 4.79 Å². The van der Waals surface area contributed by atoms with E-state index in [1.807, 2.05) is 6.92 Å². The Bertz CT molecular complexity index is 125. The van der Waals surface area contributed by atoms with Crippen LogP contribution < -0.4 is 5.32 Å². The van der Waals surface area contributed by atoms with Crippen molar-refractivity contribution in [1.82, 2.24) is 10.2 Å². The van der Waals surface area contributed by atoms with Crippen LogP contribution in [0, 0.1) is 0 Å². The Morgan fingerprint density at radius 2 is 2.30 bits per heavy atom. The molecule has 0 bridgehead atoms. The molecule has 0 aliphatic heterocycles. The summed E-state index contributed by atoms with van der Waals surface area (Å²) in [6, 6.07) is -0.350. The van der Waals surface area contributed by atoms with Crippen molar-refractivity contribution in [3.8, 4) is 0 Å². The minimum absolute atomic E-state index is 0.350. The van der Waals surface area contributed by atoms with E-state index in [0.29, 0.717) is 13.0 Å². The van der Waals surface area contributed by atoms with Gasteiger partial charge in [-0.25, -0.2) is 4.79 Å². The molecule has 0 saturated carbocycles. The number of amides is 3. The molecular formula is C6H12N2O2. The summed E-state index contributed by atoms with van der Waals surface area (Å²) in [7, 11) is 1.41. The highest BCUT2D eigenvalue weighted by Crippen LogP contribution is 1.78. The SMILES string of the molecule is CCCNC(=O)N(C)C=O. The van der Waals surface area contributed by atoms with Crippen LogP contribution in [0.25, 0.3) is 0 Å². The van der Waals surface area contributed by atoms with Crippen molar-refractivity contribution < 1.29 is 9.59 Å². The van der Waals surface area contributed by atoms with E-state index in [0.717, 1.165) is 11.3 Å². The molecule has 4 nitrogen and oxygen atoms in total. The first-order chi connectivity index (χ1) is 4.72. The molecule has 58 valence electrons. The fraction of sp³-hybridized carbons (Fsp3) is 0.667. The fourth-order valence-electron chi connectivity index (χ4n) is 0.405. The average Bonchev–Trinajstić information content (AvgIpc) is 1.98. The molecule has 4 heteroatoms. The van der Waals surface area contributed by atoms with Gasteiger partial charge in [0, 0.05) is 13.6 Å². The van der Waals surface area contributed by atoms with E-state index in [9.17, 15) is 9.59 Å². The van der Waals surface area contributed by atoms with Crippen LogP contribution >= 0.6 is 0 Å². The Balaban J connectivity index is 3.51. The van der Waals surface area contributed by atoms with E-state index < -0.39 is 0 Å². The van der Waals surface area contributed by atoms with Gasteiger partial charge < -0.3 is 5.32 Å². The number of carbonyl (C=O) groups excluding carboxylic acids is 2. The van der Waals surface area contributed by atoms with Gasteiger partial charge in [-0.3, -0.25) is 9.69 Å². The van der Waals surface area contributed by atoms with Crippen LogP contribution in [0.2, 0.25) is 0 Å². The zero-order chi connectivity index (χ0) is 7.98. The van der Waals surface area contributed by atoms with Crippen LogP contribution in [0.15, 0.2) is 0 Å². The predicted octanol–water partition coefficient (Wildman–Crippen LogP) is 0.194. The van der Waals surface area contributed by atoms with Gasteiger partial charge in [0.2, 0.25) is 6.41 Å². The molecule has 0 saturated heterocycles. The van der Waals surface area contributed by atoms with E-state index in [1.54, 1.807) is 0 Å². The molecule has 0 unspecified atom stereocenters. The monoisotopic (exact) mass is 144 g/mol. The summed E-state index contributed by atoms with van der Waals surface area (Å²) in [5.41, 5.74) is 0. The van der Waals surface area contributed by atoms with Crippen LogP contribution in [0.3, 0.4) is 0 Å². The van der Waals surface area contributed by atoms with Crippen molar-refractivity contribution in [1.29, 1.82) is 0 Å². The third-order valence-electron chi connectivity index (χ3n) is 1.00. The third-order valence-corrected chi connectivity index (χ3v) is 1.00. The number of nitrogens with one attached hydrogen (secondary N) is 1. The molecular weight excluding hydrogens is 132 g/mol. The van der Waals surface area contributed by atoms with Gasteiger partial charge in [-0.2, -0.15) is 0 Å². The lowest BCUT2D eigenvalue weighted by Crippen LogP contribution is -2.36. The molecule has 1 N–H and O–H groups in total. The highest BCUT2D eigenvalue weighted by molar-refractivity contribution is 5.84. The normalized spacial score (nSPS) is 8.60. The molecule has 10 heavy (non-hydrogen) atoms. The Morgan fingerprint density at radius 3 is 2.70 bits per heavy atom. The zero-order valence-electron chi connectivity index (χ0n) is 6.26. The van der Waals surface area contributed by atoms with Crippen LogP contribution in [0.1, 0.15) is 13.3 Å². The standard InChI is InChI=1S/C6H12N2O2/c1-3-4-7-6(10)8(2)5-9/h5H,3-4H2,1-2H3,(H,7,10). The summed E-state index contributed by atoms with van der Waals surface area (Å²) in [4.78, 5) is 21.7. The smallest absolute Gasteiger partial charge is 0.323 e. The molecule has 0 aliphatic rings. The summed E-state index contributed by atoms with van der Waals surface area (Å²) in [6.07, 6.45) is 1.35. The Morgan fingerprint density at radius 1 is 1.70 bits per heavy atom. The molecule has 3 amide bonds. The minimum Gasteiger partial charge on any atom is -0.338 e. The van der Waals surface area contributed by atoms with Gasteiger partial charge in [0.25, 0.3) is 0 Å². The first-order valence-corrected chi connectivity index (χ1v) is 3.18. The van der Waals surface area contributed by atoms with Crippen molar-refractivity contribution in [3.63, 3.8) is 0 Å². The number of carbonyl (C=O) groups is 2. The summed E-state index contributed by atoms with van der Waals surface area (Å²) < 4.78 is 0. The number of nitrogens with zero attached hydrogens (tertiary/aromatic N) is 1. The van der Waals surface area contributed by atoms with Gasteiger partial charge in [0.1, 0.15) is 0 Å². The number of imide groups is 1. The Hall–Kier alpha value is -1.06. The second-order valence-corrected chi connectivity index (χ2v) is 1.95. The predicted molar refractivity (Wildman–Crippen MR) is 37.5 cm³/mol. The highest BCUT2D eigenvalue weighted by Gasteiger charge is 2.02. The summed E-state index contributed by atoms with van der Waals surface area (Å²) >= 11 is 0. The van der Waals surface area contributed by atoms with Gasteiger partial charge in [0.05, 0.1) is 0 Å². The van der Waals surface area contributed by atoms with Crippen molar-refractivity contribution >= 4 is 12.4 Å². The molecule has 0 atom stereocenters. The quantitative estimate of drug-likeness (QED) is 0.575. The lowest BCUT2D eigenvalue weighted by molar-refractivity contribution is -0.114. The molecule has 0 fully saturated rings. The number of rotatable bonds is 3.